The summed E-state index contributed by atoms with van der Waals surface area (Å²) in [6, 6.07) is 26.4. The van der Waals surface area contributed by atoms with Crippen LogP contribution in [0.1, 0.15) is 87.8 Å². The Morgan fingerprint density at radius 1 is 0.639 bits per heavy atom. The predicted molar refractivity (Wildman–Crippen MR) is 151 cm³/mol. The molecule has 0 saturated carbocycles. The molecule has 0 aliphatic heterocycles. The smallest absolute Gasteiger partial charge is 0.200 e. The van der Waals surface area contributed by atoms with Gasteiger partial charge in [-0.15, -0.1) is 0 Å². The molecule has 0 amide bonds. The summed E-state index contributed by atoms with van der Waals surface area (Å²) in [4.78, 5) is 2.66. The van der Waals surface area contributed by atoms with Gasteiger partial charge in [0, 0.05) is 11.1 Å². The van der Waals surface area contributed by atoms with Crippen molar-refractivity contribution in [2.75, 3.05) is 0 Å². The molecular formula is C31H40N2O2S. The minimum atomic E-state index is -3.77. The summed E-state index contributed by atoms with van der Waals surface area (Å²) in [7, 11) is -3.77. The standard InChI is InChI=1S/C31H40N2O2S/c1-2-3-4-5-6-7-8-9-10-13-18-27-23-25-30(26-24-27)36(34,35)33-32-31(28-19-14-11-15-20-28)29-21-16-12-17-22-29/h11-12,14-17,19-26,33H,2-10,13,18H2,1H3. The van der Waals surface area contributed by atoms with Gasteiger partial charge in [0.2, 0.25) is 0 Å². The summed E-state index contributed by atoms with van der Waals surface area (Å²) < 4.78 is 25.9. The second-order valence-electron chi connectivity index (χ2n) is 9.36. The lowest BCUT2D eigenvalue weighted by Gasteiger charge is -2.10. The lowest BCUT2D eigenvalue weighted by Crippen LogP contribution is -2.21. The number of sulfonamides is 1. The van der Waals surface area contributed by atoms with Gasteiger partial charge in [-0.25, -0.2) is 0 Å². The van der Waals surface area contributed by atoms with E-state index < -0.39 is 10.0 Å². The molecule has 3 aromatic carbocycles. The number of nitrogens with zero attached hydrogens (tertiary/aromatic N) is 1. The lowest BCUT2D eigenvalue weighted by molar-refractivity contribution is 0.556. The van der Waals surface area contributed by atoms with Crippen LogP contribution >= 0.6 is 0 Å². The maximum Gasteiger partial charge on any atom is 0.276 e. The third-order valence-corrected chi connectivity index (χ3v) is 7.65. The van der Waals surface area contributed by atoms with Crippen molar-refractivity contribution in [3.63, 3.8) is 0 Å². The minimum Gasteiger partial charge on any atom is -0.200 e. The van der Waals surface area contributed by atoms with Gasteiger partial charge in [-0.1, -0.05) is 138 Å². The number of hydrazone groups is 1. The average Bonchev–Trinajstić information content (AvgIpc) is 2.91. The molecule has 0 aromatic heterocycles. The van der Waals surface area contributed by atoms with E-state index in [1.165, 1.54) is 63.4 Å². The van der Waals surface area contributed by atoms with Gasteiger partial charge >= 0.3 is 0 Å². The molecule has 5 heteroatoms. The molecule has 0 saturated heterocycles. The van der Waals surface area contributed by atoms with Crippen molar-refractivity contribution >= 4 is 15.7 Å². The summed E-state index contributed by atoms with van der Waals surface area (Å²) in [5.74, 6) is 0. The van der Waals surface area contributed by atoms with Crippen molar-refractivity contribution in [3.8, 4) is 0 Å². The number of benzene rings is 3. The third-order valence-electron chi connectivity index (χ3n) is 6.42. The normalized spacial score (nSPS) is 11.2. The Morgan fingerprint density at radius 2 is 1.11 bits per heavy atom. The third kappa shape index (κ3) is 9.27. The van der Waals surface area contributed by atoms with Crippen molar-refractivity contribution < 1.29 is 8.42 Å². The summed E-state index contributed by atoms with van der Waals surface area (Å²) in [5, 5.41) is 4.32. The minimum absolute atomic E-state index is 0.221. The molecule has 0 unspecified atom stereocenters. The van der Waals surface area contributed by atoms with E-state index in [0.29, 0.717) is 5.71 Å². The van der Waals surface area contributed by atoms with Crippen molar-refractivity contribution in [2.45, 2.75) is 82.4 Å². The number of hydrogen-bond acceptors (Lipinski definition) is 3. The summed E-state index contributed by atoms with van der Waals surface area (Å²) in [5.41, 5.74) is 3.44. The van der Waals surface area contributed by atoms with Crippen LogP contribution in [0.2, 0.25) is 0 Å². The molecular weight excluding hydrogens is 464 g/mol. The van der Waals surface area contributed by atoms with Gasteiger partial charge in [-0.3, -0.25) is 0 Å². The highest BCUT2D eigenvalue weighted by atomic mass is 32.2. The van der Waals surface area contributed by atoms with E-state index in [0.717, 1.165) is 24.0 Å². The maximum atomic E-state index is 12.9. The first-order valence-corrected chi connectivity index (χ1v) is 14.9. The van der Waals surface area contributed by atoms with Crippen LogP contribution < -0.4 is 4.83 Å². The molecule has 36 heavy (non-hydrogen) atoms. The van der Waals surface area contributed by atoms with E-state index in [-0.39, 0.29) is 4.90 Å². The number of rotatable bonds is 16. The Morgan fingerprint density at radius 3 is 1.61 bits per heavy atom. The Labute approximate surface area is 217 Å². The van der Waals surface area contributed by atoms with Crippen LogP contribution in [0.25, 0.3) is 0 Å². The highest BCUT2D eigenvalue weighted by Crippen LogP contribution is 2.16. The van der Waals surface area contributed by atoms with Crippen LogP contribution in [-0.2, 0) is 16.4 Å². The second kappa shape index (κ2) is 15.2. The Hall–Kier alpha value is -2.92. The van der Waals surface area contributed by atoms with Crippen LogP contribution in [0.5, 0.6) is 0 Å². The molecule has 3 aromatic rings. The summed E-state index contributed by atoms with van der Waals surface area (Å²) in [6.07, 6.45) is 14.1. The van der Waals surface area contributed by atoms with Crippen molar-refractivity contribution in [1.29, 1.82) is 0 Å². The van der Waals surface area contributed by atoms with Gasteiger partial charge in [-0.05, 0) is 30.5 Å². The summed E-state index contributed by atoms with van der Waals surface area (Å²) >= 11 is 0. The second-order valence-corrected chi connectivity index (χ2v) is 11.0. The summed E-state index contributed by atoms with van der Waals surface area (Å²) in [6.45, 7) is 2.26. The van der Waals surface area contributed by atoms with E-state index in [1.807, 2.05) is 72.8 Å². The van der Waals surface area contributed by atoms with Crippen LogP contribution in [0, 0.1) is 0 Å². The van der Waals surface area contributed by atoms with Crippen molar-refractivity contribution in [3.05, 3.63) is 102 Å². The molecule has 0 spiro atoms. The Kier molecular flexibility index (Phi) is 11.7. The molecule has 3 rings (SSSR count). The molecule has 0 radical (unpaired) electrons. The van der Waals surface area contributed by atoms with Gasteiger partial charge in [0.15, 0.2) is 0 Å². The molecule has 0 aliphatic carbocycles. The fourth-order valence-corrected chi connectivity index (χ4v) is 5.11. The Bertz CT molecular complexity index is 1100. The van der Waals surface area contributed by atoms with Gasteiger partial charge in [0.1, 0.15) is 0 Å². The zero-order valence-corrected chi connectivity index (χ0v) is 22.3. The molecule has 0 bridgehead atoms. The largest absolute Gasteiger partial charge is 0.276 e. The van der Waals surface area contributed by atoms with Gasteiger partial charge in [-0.2, -0.15) is 18.4 Å². The van der Waals surface area contributed by atoms with E-state index >= 15 is 0 Å². The fourth-order valence-electron chi connectivity index (χ4n) is 4.30. The predicted octanol–water partition coefficient (Wildman–Crippen LogP) is 7.88. The molecule has 0 fully saturated rings. The SMILES string of the molecule is CCCCCCCCCCCCc1ccc(S(=O)(=O)NN=C(c2ccccc2)c2ccccc2)cc1. The quantitative estimate of drug-likeness (QED) is 0.122. The van der Waals surface area contributed by atoms with Crippen molar-refractivity contribution in [2.24, 2.45) is 5.10 Å². The number of aryl methyl sites for hydroxylation is 1. The van der Waals surface area contributed by atoms with Crippen LogP contribution in [0.3, 0.4) is 0 Å². The Balaban J connectivity index is 1.51. The number of nitrogens with one attached hydrogen (secondary N) is 1. The topological polar surface area (TPSA) is 58.5 Å². The van der Waals surface area contributed by atoms with E-state index in [1.54, 1.807) is 12.1 Å². The zero-order valence-electron chi connectivity index (χ0n) is 21.5. The van der Waals surface area contributed by atoms with Gasteiger partial charge in [0.05, 0.1) is 10.6 Å². The van der Waals surface area contributed by atoms with E-state index in [9.17, 15) is 8.42 Å². The van der Waals surface area contributed by atoms with Gasteiger partial charge in [0.25, 0.3) is 10.0 Å². The van der Waals surface area contributed by atoms with Crippen LogP contribution in [0.15, 0.2) is 94.9 Å². The maximum absolute atomic E-state index is 12.9. The van der Waals surface area contributed by atoms with Crippen LogP contribution in [0.4, 0.5) is 0 Å². The highest BCUT2D eigenvalue weighted by Gasteiger charge is 2.14. The molecule has 4 nitrogen and oxygen atoms in total. The average molecular weight is 505 g/mol. The lowest BCUT2D eigenvalue weighted by atomic mass is 10.0. The number of hydrogen-bond donors (Lipinski definition) is 1. The van der Waals surface area contributed by atoms with Crippen LogP contribution in [-0.4, -0.2) is 14.1 Å². The molecule has 1 N–H and O–H groups in total. The molecule has 0 atom stereocenters. The van der Waals surface area contributed by atoms with E-state index in [4.69, 9.17) is 0 Å². The molecule has 0 aliphatic rings. The monoisotopic (exact) mass is 504 g/mol. The first-order valence-electron chi connectivity index (χ1n) is 13.4. The zero-order chi connectivity index (χ0) is 25.5. The number of unbranched alkanes of at least 4 members (excludes halogenated alkanes) is 9. The first-order chi connectivity index (χ1) is 17.6. The highest BCUT2D eigenvalue weighted by molar-refractivity contribution is 7.89. The fraction of sp³-hybridized carbons (Fsp3) is 0.387. The molecule has 0 heterocycles. The first kappa shape index (κ1) is 27.7. The van der Waals surface area contributed by atoms with Gasteiger partial charge < -0.3 is 0 Å². The van der Waals surface area contributed by atoms with Crippen molar-refractivity contribution in [1.82, 2.24) is 4.83 Å². The van der Waals surface area contributed by atoms with E-state index in [2.05, 4.69) is 16.9 Å². The molecule has 192 valence electrons.